The predicted octanol–water partition coefficient (Wildman–Crippen LogP) is 5.72. The first-order valence-corrected chi connectivity index (χ1v) is 12.5. The molecule has 0 unspecified atom stereocenters. The number of sulfonamides is 1. The lowest BCUT2D eigenvalue weighted by Gasteiger charge is -2.14. The number of hydrogen-bond acceptors (Lipinski definition) is 8. The molecule has 0 aliphatic heterocycles. The Labute approximate surface area is 207 Å². The van der Waals surface area contributed by atoms with Crippen LogP contribution in [0.2, 0.25) is 0 Å². The molecule has 0 aliphatic rings. The van der Waals surface area contributed by atoms with Gasteiger partial charge in [-0.05, 0) is 66.7 Å². The Morgan fingerprint density at radius 2 is 1.14 bits per heavy atom. The van der Waals surface area contributed by atoms with E-state index in [-0.39, 0.29) is 22.2 Å². The minimum Gasteiger partial charge on any atom is -0.356 e. The minimum atomic E-state index is -4.02. The first-order valence-electron chi connectivity index (χ1n) is 11.0. The van der Waals surface area contributed by atoms with Crippen molar-refractivity contribution in [3.05, 3.63) is 103 Å². The van der Waals surface area contributed by atoms with Crippen LogP contribution in [-0.4, -0.2) is 23.6 Å². The van der Waals surface area contributed by atoms with Gasteiger partial charge in [0.25, 0.3) is 10.0 Å². The second kappa shape index (κ2) is 9.90. The normalized spacial score (nSPS) is 11.1. The van der Waals surface area contributed by atoms with Crippen molar-refractivity contribution in [1.29, 1.82) is 0 Å². The first-order chi connectivity index (χ1) is 17.5. The van der Waals surface area contributed by atoms with Gasteiger partial charge >= 0.3 is 0 Å². The maximum absolute atomic E-state index is 13.1. The number of rotatable bonds is 8. The molecular formula is C26H22N6O3S. The molecule has 0 atom stereocenters. The smallest absolute Gasteiger partial charge is 0.263 e. The lowest BCUT2D eigenvalue weighted by atomic mass is 10.2. The van der Waals surface area contributed by atoms with E-state index in [1.807, 2.05) is 66.1 Å². The summed E-state index contributed by atoms with van der Waals surface area (Å²) in [6.45, 7) is 0. The number of anilines is 6. The number of nitrogens with zero attached hydrogens (tertiary/aromatic N) is 2. The topological polar surface area (TPSA) is 128 Å². The van der Waals surface area contributed by atoms with Crippen molar-refractivity contribution in [2.24, 2.45) is 0 Å². The van der Waals surface area contributed by atoms with Gasteiger partial charge in [0.15, 0.2) is 11.6 Å². The standard InChI is InChI=1S/C26H22N6O3S/c33-31-21-9-6-10-22(17-21)36(34,35)32-26-25(29-23-11-4-5-12-24(23)30-26)28-20-15-13-19(14-16-20)27-18-7-2-1-3-8-18/h1-17,27,31,33H,(H,28,29)(H,30,32). The molecule has 1 heterocycles. The van der Waals surface area contributed by atoms with Gasteiger partial charge < -0.3 is 10.6 Å². The Balaban J connectivity index is 1.45. The molecule has 0 aliphatic carbocycles. The van der Waals surface area contributed by atoms with E-state index in [1.165, 1.54) is 24.3 Å². The highest BCUT2D eigenvalue weighted by Crippen LogP contribution is 2.28. The molecule has 5 N–H and O–H groups in total. The lowest BCUT2D eigenvalue weighted by molar-refractivity contribution is 0.388. The van der Waals surface area contributed by atoms with Crippen molar-refractivity contribution >= 4 is 55.4 Å². The summed E-state index contributed by atoms with van der Waals surface area (Å²) >= 11 is 0. The van der Waals surface area contributed by atoms with Crippen LogP contribution in [0.15, 0.2) is 108 Å². The van der Waals surface area contributed by atoms with Crippen LogP contribution in [0.5, 0.6) is 0 Å². The van der Waals surface area contributed by atoms with E-state index in [0.717, 1.165) is 11.4 Å². The van der Waals surface area contributed by atoms with Gasteiger partial charge in [-0.1, -0.05) is 36.4 Å². The number of aromatic nitrogens is 2. The highest BCUT2D eigenvalue weighted by atomic mass is 32.2. The van der Waals surface area contributed by atoms with E-state index >= 15 is 0 Å². The summed E-state index contributed by atoms with van der Waals surface area (Å²) in [5.74, 6) is 0.292. The van der Waals surface area contributed by atoms with Gasteiger partial charge in [0.1, 0.15) is 0 Å². The molecule has 0 fully saturated rings. The number of para-hydroxylation sites is 3. The number of benzene rings is 4. The fourth-order valence-electron chi connectivity index (χ4n) is 3.54. The van der Waals surface area contributed by atoms with Crippen molar-refractivity contribution in [1.82, 2.24) is 9.97 Å². The van der Waals surface area contributed by atoms with Crippen LogP contribution in [0, 0.1) is 0 Å². The molecule has 0 saturated heterocycles. The maximum Gasteiger partial charge on any atom is 0.263 e. The molecule has 0 radical (unpaired) electrons. The largest absolute Gasteiger partial charge is 0.356 e. The predicted molar refractivity (Wildman–Crippen MR) is 142 cm³/mol. The van der Waals surface area contributed by atoms with Crippen LogP contribution in [0.4, 0.5) is 34.4 Å². The van der Waals surface area contributed by atoms with Gasteiger partial charge in [-0.2, -0.15) is 0 Å². The van der Waals surface area contributed by atoms with E-state index in [0.29, 0.717) is 16.7 Å². The molecule has 0 amide bonds. The van der Waals surface area contributed by atoms with Crippen molar-refractivity contribution < 1.29 is 13.6 Å². The summed E-state index contributed by atoms with van der Waals surface area (Å²) in [7, 11) is -4.02. The van der Waals surface area contributed by atoms with Crippen molar-refractivity contribution in [3.63, 3.8) is 0 Å². The third kappa shape index (κ3) is 5.19. The fourth-order valence-corrected chi connectivity index (χ4v) is 4.59. The second-order valence-electron chi connectivity index (χ2n) is 7.85. The van der Waals surface area contributed by atoms with E-state index in [1.54, 1.807) is 18.2 Å². The summed E-state index contributed by atoms with van der Waals surface area (Å²) in [5.41, 5.74) is 5.90. The van der Waals surface area contributed by atoms with Crippen LogP contribution in [0.25, 0.3) is 11.0 Å². The molecule has 4 aromatic carbocycles. The molecule has 36 heavy (non-hydrogen) atoms. The zero-order valence-electron chi connectivity index (χ0n) is 18.9. The Morgan fingerprint density at radius 1 is 0.583 bits per heavy atom. The van der Waals surface area contributed by atoms with E-state index in [9.17, 15) is 8.42 Å². The van der Waals surface area contributed by atoms with Gasteiger partial charge in [0.2, 0.25) is 0 Å². The molecule has 0 bridgehead atoms. The van der Waals surface area contributed by atoms with Crippen LogP contribution in [0.1, 0.15) is 0 Å². The third-order valence-electron chi connectivity index (χ3n) is 5.29. The van der Waals surface area contributed by atoms with Gasteiger partial charge in [-0.15, -0.1) is 0 Å². The minimum absolute atomic E-state index is 0.0428. The van der Waals surface area contributed by atoms with Crippen LogP contribution >= 0.6 is 0 Å². The zero-order valence-corrected chi connectivity index (χ0v) is 19.7. The fraction of sp³-hybridized carbons (Fsp3) is 0. The lowest BCUT2D eigenvalue weighted by Crippen LogP contribution is -2.16. The number of hydrogen-bond donors (Lipinski definition) is 5. The molecule has 180 valence electrons. The molecule has 0 spiro atoms. The van der Waals surface area contributed by atoms with E-state index in [4.69, 9.17) is 5.21 Å². The highest BCUT2D eigenvalue weighted by Gasteiger charge is 2.19. The molecular weight excluding hydrogens is 476 g/mol. The Morgan fingerprint density at radius 3 is 1.81 bits per heavy atom. The monoisotopic (exact) mass is 498 g/mol. The highest BCUT2D eigenvalue weighted by molar-refractivity contribution is 7.92. The molecule has 9 nitrogen and oxygen atoms in total. The van der Waals surface area contributed by atoms with Gasteiger partial charge in [0.05, 0.1) is 21.6 Å². The van der Waals surface area contributed by atoms with Crippen molar-refractivity contribution in [2.45, 2.75) is 4.90 Å². The van der Waals surface area contributed by atoms with Gasteiger partial charge in [-0.25, -0.2) is 18.4 Å². The number of fused-ring (bicyclic) bond motifs is 1. The third-order valence-corrected chi connectivity index (χ3v) is 6.62. The summed E-state index contributed by atoms with van der Waals surface area (Å²) < 4.78 is 28.7. The molecule has 0 saturated carbocycles. The molecule has 1 aromatic heterocycles. The molecule has 5 aromatic rings. The van der Waals surface area contributed by atoms with Crippen molar-refractivity contribution in [2.75, 3.05) is 20.8 Å². The molecule has 10 heteroatoms. The summed E-state index contributed by atoms with van der Waals surface area (Å²) in [6, 6.07) is 30.3. The summed E-state index contributed by atoms with van der Waals surface area (Å²) in [5, 5.41) is 15.6. The van der Waals surface area contributed by atoms with E-state index < -0.39 is 10.0 Å². The Kier molecular flexibility index (Phi) is 6.35. The zero-order chi connectivity index (χ0) is 25.0. The summed E-state index contributed by atoms with van der Waals surface area (Å²) in [6.07, 6.45) is 0. The molecule has 5 rings (SSSR count). The van der Waals surface area contributed by atoms with Crippen LogP contribution < -0.4 is 20.8 Å². The van der Waals surface area contributed by atoms with Gasteiger partial charge in [0, 0.05) is 17.1 Å². The van der Waals surface area contributed by atoms with Gasteiger partial charge in [-0.3, -0.25) is 15.4 Å². The summed E-state index contributed by atoms with van der Waals surface area (Å²) in [4.78, 5) is 9.07. The Hall–Kier alpha value is -4.67. The Bertz CT molecular complexity index is 1610. The SMILES string of the molecule is O=S(=O)(Nc1nc2ccccc2nc1Nc1ccc(Nc2ccccc2)cc1)c1cccc(NO)c1. The van der Waals surface area contributed by atoms with Crippen molar-refractivity contribution in [3.8, 4) is 0 Å². The number of nitrogens with one attached hydrogen (secondary N) is 4. The maximum atomic E-state index is 13.1. The second-order valence-corrected chi connectivity index (χ2v) is 9.53. The van der Waals surface area contributed by atoms with Crippen LogP contribution in [0.3, 0.4) is 0 Å². The first kappa shape index (κ1) is 23.1. The quantitative estimate of drug-likeness (QED) is 0.172. The van der Waals surface area contributed by atoms with E-state index in [2.05, 4.69) is 25.3 Å². The average molecular weight is 499 g/mol. The van der Waals surface area contributed by atoms with Crippen LogP contribution in [-0.2, 0) is 10.0 Å². The average Bonchev–Trinajstić information content (AvgIpc) is 2.90.